The molecule has 1 aromatic heterocycles. The van der Waals surface area contributed by atoms with Gasteiger partial charge in [-0.25, -0.2) is 0 Å². The van der Waals surface area contributed by atoms with Crippen molar-refractivity contribution in [3.63, 3.8) is 0 Å². The van der Waals surface area contributed by atoms with E-state index in [0.29, 0.717) is 0 Å². The van der Waals surface area contributed by atoms with Crippen LogP contribution in [0.15, 0.2) is 30.3 Å². The van der Waals surface area contributed by atoms with Gasteiger partial charge in [0, 0.05) is 24.2 Å². The monoisotopic (exact) mass is 270 g/mol. The average molecular weight is 270 g/mol. The Kier molecular flexibility index (Phi) is 3.54. The van der Waals surface area contributed by atoms with Crippen molar-refractivity contribution in [2.24, 2.45) is 0 Å². The van der Waals surface area contributed by atoms with E-state index in [1.54, 1.807) is 0 Å². The Labute approximate surface area is 118 Å². The zero-order valence-corrected chi connectivity index (χ0v) is 11.6. The van der Waals surface area contributed by atoms with Crippen molar-refractivity contribution in [1.82, 2.24) is 4.98 Å². The molecule has 4 heteroatoms. The second kappa shape index (κ2) is 5.49. The SMILES string of the molecule is COC(=O)Cc1cc(N2CCCC2)c2ccccc2n1. The van der Waals surface area contributed by atoms with Crippen LogP contribution >= 0.6 is 0 Å². The Morgan fingerprint density at radius 2 is 2.05 bits per heavy atom. The Morgan fingerprint density at radius 3 is 2.80 bits per heavy atom. The van der Waals surface area contributed by atoms with Gasteiger partial charge in [0.2, 0.25) is 0 Å². The van der Waals surface area contributed by atoms with E-state index in [9.17, 15) is 4.79 Å². The summed E-state index contributed by atoms with van der Waals surface area (Å²) in [6.07, 6.45) is 2.67. The number of fused-ring (bicyclic) bond motifs is 1. The van der Waals surface area contributed by atoms with Crippen molar-refractivity contribution >= 4 is 22.6 Å². The lowest BCUT2D eigenvalue weighted by atomic mass is 10.1. The van der Waals surface area contributed by atoms with Crippen molar-refractivity contribution in [3.8, 4) is 0 Å². The number of ether oxygens (including phenoxy) is 1. The molecule has 0 spiro atoms. The van der Waals surface area contributed by atoms with Gasteiger partial charge in [-0.05, 0) is 25.0 Å². The molecule has 4 nitrogen and oxygen atoms in total. The second-order valence-electron chi connectivity index (χ2n) is 5.10. The third-order valence-electron chi connectivity index (χ3n) is 3.75. The first-order chi connectivity index (χ1) is 9.78. The number of methoxy groups -OCH3 is 1. The van der Waals surface area contributed by atoms with Gasteiger partial charge in [0.15, 0.2) is 0 Å². The minimum absolute atomic E-state index is 0.224. The minimum Gasteiger partial charge on any atom is -0.469 e. The topological polar surface area (TPSA) is 42.4 Å². The number of carbonyl (C=O) groups excluding carboxylic acids is 1. The number of esters is 1. The van der Waals surface area contributed by atoms with Crippen LogP contribution in [-0.2, 0) is 16.0 Å². The fraction of sp³-hybridized carbons (Fsp3) is 0.375. The van der Waals surface area contributed by atoms with E-state index in [0.717, 1.165) is 29.7 Å². The van der Waals surface area contributed by atoms with Crippen molar-refractivity contribution in [1.29, 1.82) is 0 Å². The molecular formula is C16H18N2O2. The number of hydrogen-bond donors (Lipinski definition) is 0. The number of anilines is 1. The number of aromatic nitrogens is 1. The number of hydrogen-bond acceptors (Lipinski definition) is 4. The second-order valence-corrected chi connectivity index (χ2v) is 5.10. The predicted molar refractivity (Wildman–Crippen MR) is 78.9 cm³/mol. The van der Waals surface area contributed by atoms with E-state index in [4.69, 9.17) is 4.74 Å². The molecule has 0 unspecified atom stereocenters. The summed E-state index contributed by atoms with van der Waals surface area (Å²) in [6, 6.07) is 10.1. The van der Waals surface area contributed by atoms with Crippen LogP contribution in [-0.4, -0.2) is 31.2 Å². The molecule has 1 saturated heterocycles. The number of pyridine rings is 1. The first-order valence-corrected chi connectivity index (χ1v) is 6.98. The molecule has 2 aromatic rings. The van der Waals surface area contributed by atoms with Crippen molar-refractivity contribution in [2.75, 3.05) is 25.1 Å². The molecule has 1 aromatic carbocycles. The zero-order chi connectivity index (χ0) is 13.9. The highest BCUT2D eigenvalue weighted by atomic mass is 16.5. The third kappa shape index (κ3) is 2.46. The average Bonchev–Trinajstić information content (AvgIpc) is 3.00. The van der Waals surface area contributed by atoms with Crippen molar-refractivity contribution < 1.29 is 9.53 Å². The summed E-state index contributed by atoms with van der Waals surface area (Å²) in [5, 5.41) is 1.16. The number of carbonyl (C=O) groups is 1. The highest BCUT2D eigenvalue weighted by molar-refractivity contribution is 5.92. The summed E-state index contributed by atoms with van der Waals surface area (Å²) in [6.45, 7) is 2.15. The zero-order valence-electron chi connectivity index (χ0n) is 11.6. The summed E-state index contributed by atoms with van der Waals surface area (Å²) >= 11 is 0. The molecule has 0 atom stereocenters. The lowest BCUT2D eigenvalue weighted by molar-refractivity contribution is -0.139. The van der Waals surface area contributed by atoms with E-state index in [1.165, 1.54) is 25.6 Å². The molecule has 2 heterocycles. The molecule has 0 bridgehead atoms. The normalized spacial score (nSPS) is 14.8. The Bertz CT molecular complexity index is 633. The largest absolute Gasteiger partial charge is 0.469 e. The standard InChI is InChI=1S/C16H18N2O2/c1-20-16(19)11-12-10-15(18-8-4-5-9-18)13-6-2-3-7-14(13)17-12/h2-3,6-7,10H,4-5,8-9,11H2,1H3. The van der Waals surface area contributed by atoms with Crippen molar-refractivity contribution in [2.45, 2.75) is 19.3 Å². The Balaban J connectivity index is 2.07. The Morgan fingerprint density at radius 1 is 1.30 bits per heavy atom. The van der Waals surface area contributed by atoms with Crippen LogP contribution in [0.4, 0.5) is 5.69 Å². The molecule has 0 radical (unpaired) electrons. The first kappa shape index (κ1) is 12.9. The predicted octanol–water partition coefficient (Wildman–Crippen LogP) is 2.55. The minimum atomic E-state index is -0.250. The number of para-hydroxylation sites is 1. The van der Waals surface area contributed by atoms with E-state index in [-0.39, 0.29) is 12.4 Å². The molecule has 20 heavy (non-hydrogen) atoms. The number of rotatable bonds is 3. The summed E-state index contributed by atoms with van der Waals surface area (Å²) < 4.78 is 4.74. The molecule has 1 fully saturated rings. The molecule has 0 amide bonds. The van der Waals surface area contributed by atoms with Gasteiger partial charge >= 0.3 is 5.97 Å². The fourth-order valence-corrected chi connectivity index (χ4v) is 2.74. The van der Waals surface area contributed by atoms with Gasteiger partial charge in [0.1, 0.15) is 0 Å². The highest BCUT2D eigenvalue weighted by Crippen LogP contribution is 2.29. The molecule has 1 aliphatic rings. The van der Waals surface area contributed by atoms with Crippen LogP contribution < -0.4 is 4.90 Å². The maximum atomic E-state index is 11.5. The lowest BCUT2D eigenvalue weighted by Gasteiger charge is -2.20. The molecule has 104 valence electrons. The van der Waals surface area contributed by atoms with E-state index in [2.05, 4.69) is 16.0 Å². The summed E-state index contributed by atoms with van der Waals surface area (Å²) in [5.74, 6) is -0.250. The van der Waals surface area contributed by atoms with Crippen LogP contribution in [0.5, 0.6) is 0 Å². The quantitative estimate of drug-likeness (QED) is 0.804. The van der Waals surface area contributed by atoms with E-state index >= 15 is 0 Å². The summed E-state index contributed by atoms with van der Waals surface area (Å²) in [7, 11) is 1.41. The number of nitrogens with zero attached hydrogens (tertiary/aromatic N) is 2. The van der Waals surface area contributed by atoms with E-state index in [1.807, 2.05) is 24.3 Å². The van der Waals surface area contributed by atoms with Crippen LogP contribution in [0.2, 0.25) is 0 Å². The molecule has 0 N–H and O–H groups in total. The van der Waals surface area contributed by atoms with Crippen LogP contribution in [0.25, 0.3) is 10.9 Å². The van der Waals surface area contributed by atoms with Crippen LogP contribution in [0.1, 0.15) is 18.5 Å². The third-order valence-corrected chi connectivity index (χ3v) is 3.75. The van der Waals surface area contributed by atoms with Gasteiger partial charge in [-0.1, -0.05) is 18.2 Å². The molecular weight excluding hydrogens is 252 g/mol. The molecule has 3 rings (SSSR count). The lowest BCUT2D eigenvalue weighted by Crippen LogP contribution is -2.19. The van der Waals surface area contributed by atoms with E-state index < -0.39 is 0 Å². The number of benzene rings is 1. The van der Waals surface area contributed by atoms with Crippen molar-refractivity contribution in [3.05, 3.63) is 36.0 Å². The van der Waals surface area contributed by atoms with Crippen LogP contribution in [0.3, 0.4) is 0 Å². The van der Waals surface area contributed by atoms with Gasteiger partial charge in [-0.2, -0.15) is 0 Å². The first-order valence-electron chi connectivity index (χ1n) is 6.98. The smallest absolute Gasteiger partial charge is 0.311 e. The molecule has 0 aliphatic carbocycles. The van der Waals surface area contributed by atoms with Gasteiger partial charge in [0.05, 0.1) is 24.7 Å². The Hall–Kier alpha value is -2.10. The molecule has 1 aliphatic heterocycles. The van der Waals surface area contributed by atoms with Gasteiger partial charge in [-0.15, -0.1) is 0 Å². The summed E-state index contributed by atoms with van der Waals surface area (Å²) in [5.41, 5.74) is 2.90. The van der Waals surface area contributed by atoms with Gasteiger partial charge in [0.25, 0.3) is 0 Å². The molecule has 0 saturated carbocycles. The van der Waals surface area contributed by atoms with Gasteiger partial charge in [-0.3, -0.25) is 9.78 Å². The summed E-state index contributed by atoms with van der Waals surface area (Å²) in [4.78, 5) is 18.4. The van der Waals surface area contributed by atoms with Crippen LogP contribution in [0, 0.1) is 0 Å². The fourth-order valence-electron chi connectivity index (χ4n) is 2.74. The maximum Gasteiger partial charge on any atom is 0.311 e. The maximum absolute atomic E-state index is 11.5. The highest BCUT2D eigenvalue weighted by Gasteiger charge is 2.17. The van der Waals surface area contributed by atoms with Gasteiger partial charge < -0.3 is 9.64 Å².